The van der Waals surface area contributed by atoms with E-state index in [0.29, 0.717) is 0 Å². The average Bonchev–Trinajstić information content (AvgIpc) is 2.83. The van der Waals surface area contributed by atoms with Crippen molar-refractivity contribution in [2.75, 3.05) is 11.9 Å². The molecule has 0 bridgehead atoms. The maximum atomic E-state index is 6.12. The molecule has 2 rings (SSSR count). The quantitative estimate of drug-likeness (QED) is 0.807. The third-order valence-electron chi connectivity index (χ3n) is 2.29. The predicted octanol–water partition coefficient (Wildman–Crippen LogP) is 4.31. The van der Waals surface area contributed by atoms with Gasteiger partial charge in [0.2, 0.25) is 0 Å². The summed E-state index contributed by atoms with van der Waals surface area (Å²) in [5.41, 5.74) is 0.998. The summed E-state index contributed by atoms with van der Waals surface area (Å²) in [6, 6.07) is 7.85. The van der Waals surface area contributed by atoms with Gasteiger partial charge in [0, 0.05) is 28.7 Å². The lowest BCUT2D eigenvalue weighted by Crippen LogP contribution is -2.00. The number of benzene rings is 1. The summed E-state index contributed by atoms with van der Waals surface area (Å²) in [5.74, 6) is 0.784. The molecule has 0 fully saturated rings. The molecule has 0 saturated carbocycles. The molecule has 1 heterocycles. The van der Waals surface area contributed by atoms with Crippen LogP contribution in [-0.4, -0.2) is 16.1 Å². The average molecular weight is 300 g/mol. The molecule has 0 spiro atoms. The highest BCUT2D eigenvalue weighted by atomic mass is 35.5. The van der Waals surface area contributed by atoms with Gasteiger partial charge in [0.05, 0.1) is 5.02 Å². The molecule has 0 atom stereocenters. The largest absolute Gasteiger partial charge is 0.374 e. The maximum absolute atomic E-state index is 6.12. The van der Waals surface area contributed by atoms with Crippen LogP contribution in [0.25, 0.3) is 0 Å². The van der Waals surface area contributed by atoms with Crippen molar-refractivity contribution >= 4 is 39.9 Å². The number of rotatable bonds is 6. The number of nitrogens with zero attached hydrogens (tertiary/aromatic N) is 2. The van der Waals surface area contributed by atoms with Gasteiger partial charge in [-0.1, -0.05) is 35.1 Å². The first-order valence-corrected chi connectivity index (χ1v) is 7.87. The third-order valence-corrected chi connectivity index (χ3v) is 4.54. The Morgan fingerprint density at radius 3 is 3.00 bits per heavy atom. The lowest BCUT2D eigenvalue weighted by Gasteiger charge is -2.04. The van der Waals surface area contributed by atoms with Gasteiger partial charge in [-0.05, 0) is 18.6 Å². The van der Waals surface area contributed by atoms with Crippen LogP contribution in [-0.2, 0) is 5.75 Å². The molecule has 0 aliphatic carbocycles. The number of nitrogens with one attached hydrogen (secondary N) is 1. The van der Waals surface area contributed by atoms with Crippen LogP contribution in [0, 0.1) is 0 Å². The molecule has 1 N–H and O–H groups in total. The molecule has 0 aliphatic rings. The minimum Gasteiger partial charge on any atom is -0.374 e. The normalized spacial score (nSPS) is 10.6. The summed E-state index contributed by atoms with van der Waals surface area (Å²) < 4.78 is 3.99. The maximum Gasteiger partial charge on any atom is 0.134 e. The monoisotopic (exact) mass is 299 g/mol. The first kappa shape index (κ1) is 13.6. The molecule has 1 aromatic carbocycles. The minimum absolute atomic E-state index is 0.784. The first-order chi connectivity index (χ1) is 8.81. The van der Waals surface area contributed by atoms with Crippen LogP contribution >= 0.6 is 34.9 Å². The number of hydrogen-bond donors (Lipinski definition) is 1. The number of hydrogen-bond acceptors (Lipinski definition) is 5. The van der Waals surface area contributed by atoms with Crippen molar-refractivity contribution in [3.8, 4) is 0 Å². The standard InChI is InChI=1S/C12H14ClN3S2/c1-2-7-14-12-10(15-16-18-12)8-17-11-6-4-3-5-9(11)13/h3-6,14H,2,7-8H2,1H3. The van der Waals surface area contributed by atoms with Crippen molar-refractivity contribution in [1.82, 2.24) is 9.59 Å². The Balaban J connectivity index is 1.98. The second-order valence-corrected chi connectivity index (χ2v) is 5.87. The Morgan fingerprint density at radius 2 is 2.22 bits per heavy atom. The van der Waals surface area contributed by atoms with Crippen LogP contribution in [0.2, 0.25) is 5.02 Å². The van der Waals surface area contributed by atoms with Crippen LogP contribution < -0.4 is 5.32 Å². The molecule has 6 heteroatoms. The lowest BCUT2D eigenvalue weighted by atomic mass is 10.4. The molecule has 18 heavy (non-hydrogen) atoms. The van der Waals surface area contributed by atoms with E-state index in [4.69, 9.17) is 11.6 Å². The van der Waals surface area contributed by atoms with Crippen LogP contribution in [0.3, 0.4) is 0 Å². The molecule has 0 saturated heterocycles. The number of thioether (sulfide) groups is 1. The molecule has 0 amide bonds. The van der Waals surface area contributed by atoms with Crippen molar-refractivity contribution in [2.24, 2.45) is 0 Å². The number of anilines is 1. The zero-order valence-corrected chi connectivity index (χ0v) is 12.4. The van der Waals surface area contributed by atoms with Gasteiger partial charge in [-0.3, -0.25) is 0 Å². The SMILES string of the molecule is CCCNc1snnc1CSc1ccccc1Cl. The highest BCUT2D eigenvalue weighted by molar-refractivity contribution is 7.98. The van der Waals surface area contributed by atoms with E-state index in [9.17, 15) is 0 Å². The smallest absolute Gasteiger partial charge is 0.134 e. The van der Waals surface area contributed by atoms with Crippen molar-refractivity contribution in [3.05, 3.63) is 35.0 Å². The fourth-order valence-corrected chi connectivity index (χ4v) is 3.26. The molecular weight excluding hydrogens is 286 g/mol. The summed E-state index contributed by atoms with van der Waals surface area (Å²) >= 11 is 9.21. The van der Waals surface area contributed by atoms with Crippen molar-refractivity contribution < 1.29 is 0 Å². The Labute approximate surface area is 120 Å². The Kier molecular flexibility index (Phi) is 5.28. The zero-order valence-electron chi connectivity index (χ0n) is 10.0. The van der Waals surface area contributed by atoms with E-state index < -0.39 is 0 Å². The van der Waals surface area contributed by atoms with E-state index in [0.717, 1.165) is 39.3 Å². The molecule has 96 valence electrons. The van der Waals surface area contributed by atoms with Crippen LogP contribution in [0.4, 0.5) is 5.00 Å². The number of halogens is 1. The highest BCUT2D eigenvalue weighted by Gasteiger charge is 2.08. The van der Waals surface area contributed by atoms with E-state index in [2.05, 4.69) is 21.8 Å². The van der Waals surface area contributed by atoms with Crippen LogP contribution in [0.5, 0.6) is 0 Å². The van der Waals surface area contributed by atoms with Gasteiger partial charge in [-0.2, -0.15) is 0 Å². The van der Waals surface area contributed by atoms with Gasteiger partial charge in [0.1, 0.15) is 10.7 Å². The molecule has 3 nitrogen and oxygen atoms in total. The van der Waals surface area contributed by atoms with E-state index in [-0.39, 0.29) is 0 Å². The highest BCUT2D eigenvalue weighted by Crippen LogP contribution is 2.31. The van der Waals surface area contributed by atoms with Gasteiger partial charge in [0.25, 0.3) is 0 Å². The molecular formula is C12H14ClN3S2. The minimum atomic E-state index is 0.784. The predicted molar refractivity (Wildman–Crippen MR) is 79.7 cm³/mol. The lowest BCUT2D eigenvalue weighted by molar-refractivity contribution is 0.976. The summed E-state index contributed by atoms with van der Waals surface area (Å²) in [5, 5.41) is 9.35. The fraction of sp³-hybridized carbons (Fsp3) is 0.333. The van der Waals surface area contributed by atoms with Crippen LogP contribution in [0.1, 0.15) is 19.0 Å². The van der Waals surface area contributed by atoms with E-state index in [1.807, 2.05) is 24.3 Å². The fourth-order valence-electron chi connectivity index (χ4n) is 1.38. The molecule has 0 aliphatic heterocycles. The second kappa shape index (κ2) is 6.97. The summed E-state index contributed by atoms with van der Waals surface area (Å²) in [6.07, 6.45) is 1.09. The molecule has 1 aromatic heterocycles. The van der Waals surface area contributed by atoms with Gasteiger partial charge < -0.3 is 5.32 Å². The summed E-state index contributed by atoms with van der Waals surface area (Å²) in [7, 11) is 0. The van der Waals surface area contributed by atoms with E-state index in [1.54, 1.807) is 11.8 Å². The summed E-state index contributed by atoms with van der Waals surface area (Å²) in [6.45, 7) is 3.09. The van der Waals surface area contributed by atoms with Crippen LogP contribution in [0.15, 0.2) is 29.2 Å². The molecule has 2 aromatic rings. The number of aromatic nitrogens is 2. The Hall–Kier alpha value is -0.780. The molecule has 0 radical (unpaired) electrons. The second-order valence-electron chi connectivity index (χ2n) is 3.69. The molecule has 0 unspecified atom stereocenters. The van der Waals surface area contributed by atoms with E-state index in [1.165, 1.54) is 11.5 Å². The van der Waals surface area contributed by atoms with Gasteiger partial charge in [-0.15, -0.1) is 16.9 Å². The topological polar surface area (TPSA) is 37.8 Å². The van der Waals surface area contributed by atoms with Crippen molar-refractivity contribution in [1.29, 1.82) is 0 Å². The Bertz CT molecular complexity index is 502. The van der Waals surface area contributed by atoms with Crippen molar-refractivity contribution in [2.45, 2.75) is 24.0 Å². The summed E-state index contributed by atoms with van der Waals surface area (Å²) in [4.78, 5) is 1.08. The van der Waals surface area contributed by atoms with Gasteiger partial charge >= 0.3 is 0 Å². The zero-order chi connectivity index (χ0) is 12.8. The van der Waals surface area contributed by atoms with E-state index >= 15 is 0 Å². The van der Waals surface area contributed by atoms with Gasteiger partial charge in [-0.25, -0.2) is 0 Å². The van der Waals surface area contributed by atoms with Gasteiger partial charge in [0.15, 0.2) is 0 Å². The third kappa shape index (κ3) is 3.60. The first-order valence-electron chi connectivity index (χ1n) is 5.73. The van der Waals surface area contributed by atoms with Crippen molar-refractivity contribution in [3.63, 3.8) is 0 Å². The Morgan fingerprint density at radius 1 is 1.39 bits per heavy atom.